The molecule has 0 heterocycles. The van der Waals surface area contributed by atoms with E-state index in [9.17, 15) is 4.79 Å². The number of likely N-dealkylation sites (N-methyl/N-ethyl adjacent to an activating group) is 1. The molecule has 0 fully saturated rings. The van der Waals surface area contributed by atoms with Crippen LogP contribution in [0.15, 0.2) is 11.6 Å². The summed E-state index contributed by atoms with van der Waals surface area (Å²) >= 11 is 0. The summed E-state index contributed by atoms with van der Waals surface area (Å²) in [6.07, 6.45) is 3.25. The van der Waals surface area contributed by atoms with Crippen LogP contribution in [0.2, 0.25) is 0 Å². The van der Waals surface area contributed by atoms with E-state index in [2.05, 4.69) is 52.9 Å². The van der Waals surface area contributed by atoms with E-state index in [-0.39, 0.29) is 5.91 Å². The summed E-state index contributed by atoms with van der Waals surface area (Å²) in [7, 11) is 1.74. The van der Waals surface area contributed by atoms with Gasteiger partial charge >= 0.3 is 0 Å². The largest absolute Gasteiger partial charge is 0.355 e. The van der Waals surface area contributed by atoms with Crippen molar-refractivity contribution in [1.29, 1.82) is 0 Å². The molecule has 1 rings (SSSR count). The normalized spacial score (nSPS) is 27.9. The zero-order chi connectivity index (χ0) is 14.7. The summed E-state index contributed by atoms with van der Waals surface area (Å²) in [5.41, 5.74) is 1.02. The number of carbonyl (C=O) groups excluding carboxylic acids is 1. The molecule has 0 radical (unpaired) electrons. The standard InChI is InChI=1S/C17H31NO/c1-10(2)13-8-9-14(17(19)18-7)16(12(5)6)15(13)11(3)4/h9-13,15-16H,8H2,1-7H3,(H,18,19)/t13-,15?,16?/m1/s1. The molecule has 0 aliphatic heterocycles. The maximum Gasteiger partial charge on any atom is 0.246 e. The van der Waals surface area contributed by atoms with Gasteiger partial charge in [-0.1, -0.05) is 47.6 Å². The minimum Gasteiger partial charge on any atom is -0.355 e. The highest BCUT2D eigenvalue weighted by atomic mass is 16.1. The molecule has 0 saturated carbocycles. The second-order valence-corrected chi connectivity index (χ2v) is 6.97. The Bertz CT molecular complexity index is 341. The van der Waals surface area contributed by atoms with Crippen LogP contribution in [0.25, 0.3) is 0 Å². The van der Waals surface area contributed by atoms with E-state index in [1.54, 1.807) is 7.05 Å². The topological polar surface area (TPSA) is 29.1 Å². The molecule has 19 heavy (non-hydrogen) atoms. The van der Waals surface area contributed by atoms with Crippen molar-refractivity contribution in [1.82, 2.24) is 5.32 Å². The van der Waals surface area contributed by atoms with Crippen molar-refractivity contribution >= 4 is 5.91 Å². The monoisotopic (exact) mass is 265 g/mol. The lowest BCUT2D eigenvalue weighted by molar-refractivity contribution is -0.118. The molecule has 0 aromatic rings. The van der Waals surface area contributed by atoms with Crippen molar-refractivity contribution in [2.24, 2.45) is 35.5 Å². The van der Waals surface area contributed by atoms with Crippen LogP contribution in [-0.2, 0) is 4.79 Å². The maximum absolute atomic E-state index is 12.1. The molecular weight excluding hydrogens is 234 g/mol. The molecule has 2 nitrogen and oxygen atoms in total. The molecule has 0 aromatic heterocycles. The van der Waals surface area contributed by atoms with Crippen LogP contribution in [0.3, 0.4) is 0 Å². The van der Waals surface area contributed by atoms with Crippen LogP contribution in [0, 0.1) is 35.5 Å². The van der Waals surface area contributed by atoms with Crippen LogP contribution in [0.5, 0.6) is 0 Å². The minimum absolute atomic E-state index is 0.117. The first kappa shape index (κ1) is 16.3. The lowest BCUT2D eigenvalue weighted by Crippen LogP contribution is -2.41. The van der Waals surface area contributed by atoms with Gasteiger partial charge in [-0.25, -0.2) is 0 Å². The summed E-state index contributed by atoms with van der Waals surface area (Å²) < 4.78 is 0. The highest BCUT2D eigenvalue weighted by Gasteiger charge is 2.41. The van der Waals surface area contributed by atoms with Crippen LogP contribution >= 0.6 is 0 Å². The molecule has 2 unspecified atom stereocenters. The molecular formula is C17H31NO. The van der Waals surface area contributed by atoms with Crippen LogP contribution in [0.1, 0.15) is 48.0 Å². The smallest absolute Gasteiger partial charge is 0.246 e. The SMILES string of the molecule is CNC(=O)C1=CC[C@H](C(C)C)C(C(C)C)C1C(C)C. The number of allylic oxidation sites excluding steroid dienone is 1. The first-order valence-electron chi connectivity index (χ1n) is 7.73. The second-order valence-electron chi connectivity index (χ2n) is 6.97. The minimum atomic E-state index is 0.117. The molecule has 0 aromatic carbocycles. The number of amides is 1. The highest BCUT2D eigenvalue weighted by molar-refractivity contribution is 5.94. The van der Waals surface area contributed by atoms with Gasteiger partial charge in [-0.2, -0.15) is 0 Å². The highest BCUT2D eigenvalue weighted by Crippen LogP contribution is 2.46. The van der Waals surface area contributed by atoms with Crippen molar-refractivity contribution < 1.29 is 4.79 Å². The zero-order valence-corrected chi connectivity index (χ0v) is 13.7. The lowest BCUT2D eigenvalue weighted by Gasteiger charge is -2.44. The number of carbonyl (C=O) groups is 1. The van der Waals surface area contributed by atoms with Gasteiger partial charge in [0.1, 0.15) is 0 Å². The molecule has 0 spiro atoms. The molecule has 3 atom stereocenters. The number of hydrogen-bond donors (Lipinski definition) is 1. The molecule has 110 valence electrons. The molecule has 2 heteroatoms. The number of hydrogen-bond acceptors (Lipinski definition) is 1. The lowest BCUT2D eigenvalue weighted by atomic mass is 9.61. The molecule has 1 aliphatic rings. The molecule has 1 amide bonds. The summed E-state index contributed by atoms with van der Waals surface area (Å²) in [6.45, 7) is 13.7. The van der Waals surface area contributed by atoms with Crippen LogP contribution in [0.4, 0.5) is 0 Å². The van der Waals surface area contributed by atoms with Crippen molar-refractivity contribution in [3.8, 4) is 0 Å². The fourth-order valence-electron chi connectivity index (χ4n) is 3.85. The maximum atomic E-state index is 12.1. The Morgan fingerprint density at radius 1 is 1.11 bits per heavy atom. The average Bonchev–Trinajstić information content (AvgIpc) is 2.35. The van der Waals surface area contributed by atoms with Crippen molar-refractivity contribution in [3.05, 3.63) is 11.6 Å². The van der Waals surface area contributed by atoms with Gasteiger partial charge in [-0.05, 0) is 41.9 Å². The Kier molecular flexibility index (Phi) is 5.64. The fraction of sp³-hybridized carbons (Fsp3) is 0.824. The predicted octanol–water partition coefficient (Wildman–Crippen LogP) is 3.88. The van der Waals surface area contributed by atoms with E-state index in [4.69, 9.17) is 0 Å². The Balaban J connectivity index is 3.19. The summed E-state index contributed by atoms with van der Waals surface area (Å²) in [5.74, 6) is 3.62. The van der Waals surface area contributed by atoms with E-state index >= 15 is 0 Å². The summed E-state index contributed by atoms with van der Waals surface area (Å²) in [6, 6.07) is 0. The molecule has 0 bridgehead atoms. The van der Waals surface area contributed by atoms with Gasteiger partial charge in [-0.3, -0.25) is 4.79 Å². The Morgan fingerprint density at radius 2 is 1.68 bits per heavy atom. The number of nitrogens with one attached hydrogen (secondary N) is 1. The van der Waals surface area contributed by atoms with E-state index in [1.807, 2.05) is 0 Å². The van der Waals surface area contributed by atoms with Gasteiger partial charge in [0.2, 0.25) is 5.91 Å². The van der Waals surface area contributed by atoms with E-state index in [0.29, 0.717) is 35.5 Å². The third kappa shape index (κ3) is 3.40. The fourth-order valence-corrected chi connectivity index (χ4v) is 3.85. The molecule has 1 aliphatic carbocycles. The van der Waals surface area contributed by atoms with E-state index in [1.165, 1.54) is 0 Å². The first-order valence-corrected chi connectivity index (χ1v) is 7.73. The Labute approximate surface area is 119 Å². The van der Waals surface area contributed by atoms with Crippen molar-refractivity contribution in [3.63, 3.8) is 0 Å². The molecule has 1 N–H and O–H groups in total. The third-order valence-corrected chi connectivity index (χ3v) is 4.71. The van der Waals surface area contributed by atoms with E-state index < -0.39 is 0 Å². The summed E-state index contributed by atoms with van der Waals surface area (Å²) in [5, 5.41) is 2.82. The second kappa shape index (κ2) is 6.58. The van der Waals surface area contributed by atoms with Gasteiger partial charge in [0, 0.05) is 12.6 Å². The van der Waals surface area contributed by atoms with Gasteiger partial charge in [0.25, 0.3) is 0 Å². The van der Waals surface area contributed by atoms with Gasteiger partial charge in [0.05, 0.1) is 0 Å². The van der Waals surface area contributed by atoms with Crippen molar-refractivity contribution in [2.45, 2.75) is 48.0 Å². The Hall–Kier alpha value is -0.790. The van der Waals surface area contributed by atoms with Crippen LogP contribution < -0.4 is 5.32 Å². The zero-order valence-electron chi connectivity index (χ0n) is 13.7. The van der Waals surface area contributed by atoms with Gasteiger partial charge < -0.3 is 5.32 Å². The molecule has 0 saturated heterocycles. The van der Waals surface area contributed by atoms with Gasteiger partial charge in [0.15, 0.2) is 0 Å². The number of rotatable bonds is 4. The van der Waals surface area contributed by atoms with E-state index in [0.717, 1.165) is 12.0 Å². The third-order valence-electron chi connectivity index (χ3n) is 4.71. The van der Waals surface area contributed by atoms with Crippen molar-refractivity contribution in [2.75, 3.05) is 7.05 Å². The van der Waals surface area contributed by atoms with Gasteiger partial charge in [-0.15, -0.1) is 0 Å². The quantitative estimate of drug-likeness (QED) is 0.821. The predicted molar refractivity (Wildman–Crippen MR) is 81.8 cm³/mol. The summed E-state index contributed by atoms with van der Waals surface area (Å²) in [4.78, 5) is 12.1. The first-order chi connectivity index (χ1) is 8.81. The Morgan fingerprint density at radius 3 is 2.05 bits per heavy atom. The average molecular weight is 265 g/mol. The van der Waals surface area contributed by atoms with Crippen LogP contribution in [-0.4, -0.2) is 13.0 Å².